The van der Waals surface area contributed by atoms with E-state index in [1.807, 2.05) is 40.7 Å². The highest BCUT2D eigenvalue weighted by Gasteiger charge is 2.50. The summed E-state index contributed by atoms with van der Waals surface area (Å²) >= 11 is 0. The number of methoxy groups -OCH3 is 1. The molecule has 1 aliphatic carbocycles. The van der Waals surface area contributed by atoms with E-state index in [4.69, 9.17) is 9.26 Å². The molecule has 0 saturated heterocycles. The molecular formula is C20H17FN6O2. The topological polar surface area (TPSA) is 83.8 Å². The zero-order chi connectivity index (χ0) is 19.8. The lowest BCUT2D eigenvalue weighted by Gasteiger charge is -2.12. The van der Waals surface area contributed by atoms with Crippen LogP contribution in [-0.4, -0.2) is 36.6 Å². The molecule has 1 aromatic carbocycles. The molecule has 4 heterocycles. The molecule has 29 heavy (non-hydrogen) atoms. The Morgan fingerprint density at radius 2 is 2.14 bits per heavy atom. The third kappa shape index (κ3) is 2.30. The summed E-state index contributed by atoms with van der Waals surface area (Å²) in [5, 5.41) is 8.45. The highest BCUT2D eigenvalue weighted by atomic mass is 19.1. The number of hydrogen-bond acceptors (Lipinski definition) is 6. The lowest BCUT2D eigenvalue weighted by atomic mass is 10.0. The maximum absolute atomic E-state index is 14.3. The van der Waals surface area contributed by atoms with E-state index in [9.17, 15) is 4.39 Å². The summed E-state index contributed by atoms with van der Waals surface area (Å²) < 4.78 is 28.8. The number of rotatable bonds is 3. The van der Waals surface area contributed by atoms with Crippen molar-refractivity contribution in [1.82, 2.24) is 29.5 Å². The van der Waals surface area contributed by atoms with Crippen molar-refractivity contribution >= 4 is 0 Å². The normalized spacial score (nSPS) is 16.0. The smallest absolute Gasteiger partial charge is 0.264 e. The lowest BCUT2D eigenvalue weighted by Crippen LogP contribution is -2.01. The Balaban J connectivity index is 1.56. The largest absolute Gasteiger partial charge is 0.497 e. The van der Waals surface area contributed by atoms with E-state index < -0.39 is 5.67 Å². The van der Waals surface area contributed by atoms with Gasteiger partial charge in [0.15, 0.2) is 5.67 Å². The lowest BCUT2D eigenvalue weighted by molar-refractivity contribution is 0.226. The number of ether oxygens (including phenoxy) is 1. The monoisotopic (exact) mass is 392 g/mol. The van der Waals surface area contributed by atoms with Crippen LogP contribution >= 0.6 is 0 Å². The van der Waals surface area contributed by atoms with E-state index in [0.717, 1.165) is 34.0 Å². The molecule has 4 aromatic rings. The molecule has 0 amide bonds. The highest BCUT2D eigenvalue weighted by Crippen LogP contribution is 2.49. The first-order valence-electron chi connectivity index (χ1n) is 9.37. The fourth-order valence-electron chi connectivity index (χ4n) is 3.94. The molecule has 2 aliphatic rings. The predicted molar refractivity (Wildman–Crippen MR) is 100 cm³/mol. The molecule has 0 radical (unpaired) electrons. The Hall–Kier alpha value is -3.49. The Bertz CT molecular complexity index is 1270. The molecule has 0 N–H and O–H groups in total. The number of hydrogen-bond donors (Lipinski definition) is 0. The summed E-state index contributed by atoms with van der Waals surface area (Å²) in [4.78, 5) is 8.84. The van der Waals surface area contributed by atoms with Crippen molar-refractivity contribution in [3.05, 3.63) is 47.9 Å². The van der Waals surface area contributed by atoms with E-state index in [-0.39, 0.29) is 5.89 Å². The number of halogens is 1. The Kier molecular flexibility index (Phi) is 3.14. The minimum absolute atomic E-state index is 0.0371. The molecule has 1 aliphatic heterocycles. The van der Waals surface area contributed by atoms with Crippen molar-refractivity contribution < 1.29 is 13.7 Å². The number of fused-ring (bicyclic) bond motifs is 5. The molecule has 0 atom stereocenters. The third-order valence-corrected chi connectivity index (χ3v) is 5.67. The van der Waals surface area contributed by atoms with Crippen LogP contribution in [-0.2, 0) is 19.1 Å². The van der Waals surface area contributed by atoms with Crippen LogP contribution in [0.4, 0.5) is 4.39 Å². The van der Waals surface area contributed by atoms with Crippen molar-refractivity contribution in [3.63, 3.8) is 0 Å². The zero-order valence-electron chi connectivity index (χ0n) is 15.9. The number of nitrogens with zero attached hydrogens (tertiary/aromatic N) is 6. The van der Waals surface area contributed by atoms with Gasteiger partial charge < -0.3 is 13.8 Å². The first-order chi connectivity index (χ1) is 14.1. The van der Waals surface area contributed by atoms with Gasteiger partial charge in [0.05, 0.1) is 30.4 Å². The van der Waals surface area contributed by atoms with Gasteiger partial charge in [-0.15, -0.1) is 0 Å². The molecule has 1 fully saturated rings. The van der Waals surface area contributed by atoms with Crippen LogP contribution in [0, 0.1) is 0 Å². The molecule has 1 saturated carbocycles. The average Bonchev–Trinajstić information content (AvgIpc) is 3.09. The Labute approximate surface area is 164 Å². The van der Waals surface area contributed by atoms with E-state index >= 15 is 0 Å². The van der Waals surface area contributed by atoms with Crippen LogP contribution in [0.5, 0.6) is 5.75 Å². The van der Waals surface area contributed by atoms with Gasteiger partial charge in [-0.2, -0.15) is 10.1 Å². The molecule has 0 unspecified atom stereocenters. The number of benzene rings is 1. The van der Waals surface area contributed by atoms with Gasteiger partial charge in [-0.3, -0.25) is 4.68 Å². The summed E-state index contributed by atoms with van der Waals surface area (Å²) in [5.41, 5.74) is 4.04. The second-order valence-electron chi connectivity index (χ2n) is 7.50. The van der Waals surface area contributed by atoms with Gasteiger partial charge in [0.2, 0.25) is 5.82 Å². The molecule has 6 rings (SSSR count). The fraction of sp³-hybridized carbons (Fsp3) is 0.300. The summed E-state index contributed by atoms with van der Waals surface area (Å²) in [5.74, 6) is 1.11. The van der Waals surface area contributed by atoms with Crippen LogP contribution in [0.25, 0.3) is 28.5 Å². The van der Waals surface area contributed by atoms with Gasteiger partial charge in [0, 0.05) is 24.6 Å². The Morgan fingerprint density at radius 3 is 2.93 bits per heavy atom. The van der Waals surface area contributed by atoms with E-state index in [1.54, 1.807) is 13.4 Å². The maximum Gasteiger partial charge on any atom is 0.264 e. The molecule has 0 spiro atoms. The SMILES string of the molecule is COc1ccc2c(c1)-c1c(cnn1C)Cc1c(-c3noc(C4(F)CC4)n3)ncn1-2. The predicted octanol–water partition coefficient (Wildman–Crippen LogP) is 3.19. The quantitative estimate of drug-likeness (QED) is 0.469. The molecule has 9 heteroatoms. The standard InChI is InChI=1S/C20H17FN6O2/c1-26-17-11(9-23-26)7-15-16(18-24-19(29-25-18)20(21)5-6-20)22-10-27(15)14-4-3-12(28-2)8-13(14)17/h3-4,8-10H,5-7H2,1-2H3. The maximum atomic E-state index is 14.3. The second kappa shape index (κ2) is 5.53. The summed E-state index contributed by atoms with van der Waals surface area (Å²) in [6.07, 6.45) is 5.02. The van der Waals surface area contributed by atoms with Crippen LogP contribution in [0.3, 0.4) is 0 Å². The first kappa shape index (κ1) is 16.5. The summed E-state index contributed by atoms with van der Waals surface area (Å²) in [6, 6.07) is 5.90. The minimum Gasteiger partial charge on any atom is -0.497 e. The van der Waals surface area contributed by atoms with Crippen molar-refractivity contribution in [3.8, 4) is 34.2 Å². The number of aryl methyl sites for hydroxylation is 1. The van der Waals surface area contributed by atoms with Gasteiger partial charge >= 0.3 is 0 Å². The van der Waals surface area contributed by atoms with Crippen LogP contribution in [0.1, 0.15) is 30.0 Å². The van der Waals surface area contributed by atoms with Gasteiger partial charge in [-0.1, -0.05) is 5.16 Å². The van der Waals surface area contributed by atoms with Crippen LogP contribution in [0.2, 0.25) is 0 Å². The molecule has 146 valence electrons. The number of aromatic nitrogens is 6. The van der Waals surface area contributed by atoms with Gasteiger partial charge in [-0.05, 0) is 31.0 Å². The van der Waals surface area contributed by atoms with Crippen LogP contribution in [0.15, 0.2) is 35.2 Å². The van der Waals surface area contributed by atoms with E-state index in [0.29, 0.717) is 30.8 Å². The first-order valence-corrected chi connectivity index (χ1v) is 9.37. The fourth-order valence-corrected chi connectivity index (χ4v) is 3.94. The molecule has 3 aromatic heterocycles. The minimum atomic E-state index is -1.47. The summed E-state index contributed by atoms with van der Waals surface area (Å²) in [7, 11) is 3.57. The molecule has 8 nitrogen and oxygen atoms in total. The van der Waals surface area contributed by atoms with Gasteiger partial charge in [0.25, 0.3) is 5.89 Å². The van der Waals surface area contributed by atoms with Crippen molar-refractivity contribution in [2.75, 3.05) is 7.11 Å². The third-order valence-electron chi connectivity index (χ3n) is 5.67. The molecular weight excluding hydrogens is 375 g/mol. The van der Waals surface area contributed by atoms with Crippen molar-refractivity contribution in [2.45, 2.75) is 24.9 Å². The Morgan fingerprint density at radius 1 is 1.28 bits per heavy atom. The summed E-state index contributed by atoms with van der Waals surface area (Å²) in [6.45, 7) is 0. The van der Waals surface area contributed by atoms with Crippen molar-refractivity contribution in [2.24, 2.45) is 7.05 Å². The zero-order valence-corrected chi connectivity index (χ0v) is 15.9. The number of alkyl halides is 1. The molecule has 0 bridgehead atoms. The van der Waals surface area contributed by atoms with E-state index in [2.05, 4.69) is 20.2 Å². The number of imidazole rings is 1. The average molecular weight is 392 g/mol. The van der Waals surface area contributed by atoms with Gasteiger partial charge in [0.1, 0.15) is 17.8 Å². The van der Waals surface area contributed by atoms with Crippen LogP contribution < -0.4 is 4.74 Å². The second-order valence-corrected chi connectivity index (χ2v) is 7.50. The van der Waals surface area contributed by atoms with Gasteiger partial charge in [-0.25, -0.2) is 9.37 Å². The van der Waals surface area contributed by atoms with Crippen molar-refractivity contribution in [1.29, 1.82) is 0 Å². The van der Waals surface area contributed by atoms with E-state index in [1.165, 1.54) is 0 Å². The highest BCUT2D eigenvalue weighted by molar-refractivity contribution is 5.77.